The van der Waals surface area contributed by atoms with Crippen LogP contribution in [0.25, 0.3) is 22.2 Å². The Kier molecular flexibility index (Phi) is 1.89. The minimum atomic E-state index is 0.244. The molecule has 5 nitrogen and oxygen atoms in total. The van der Waals surface area contributed by atoms with Gasteiger partial charge in [-0.3, -0.25) is 4.68 Å². The fourth-order valence-electron chi connectivity index (χ4n) is 2.06. The predicted molar refractivity (Wildman–Crippen MR) is 66.6 cm³/mol. The van der Waals surface area contributed by atoms with Crippen molar-refractivity contribution in [3.63, 3.8) is 0 Å². The van der Waals surface area contributed by atoms with E-state index in [-0.39, 0.29) is 5.75 Å². The molecule has 0 aliphatic rings. The number of fused-ring (bicyclic) bond motifs is 1. The molecule has 3 rings (SSSR count). The molecule has 0 radical (unpaired) electrons. The van der Waals surface area contributed by atoms with Crippen molar-refractivity contribution < 1.29 is 5.11 Å². The van der Waals surface area contributed by atoms with Crippen molar-refractivity contribution in [1.82, 2.24) is 14.8 Å². The summed E-state index contributed by atoms with van der Waals surface area (Å²) >= 11 is 0. The number of aromatic hydroxyl groups is 1. The van der Waals surface area contributed by atoms with Gasteiger partial charge in [0.2, 0.25) is 0 Å². The number of aromatic nitrogens is 3. The monoisotopic (exact) mass is 228 g/mol. The number of H-pyrrole nitrogens is 1. The van der Waals surface area contributed by atoms with E-state index in [1.54, 1.807) is 16.8 Å². The van der Waals surface area contributed by atoms with Crippen LogP contribution in [0.3, 0.4) is 0 Å². The number of hydrogen-bond donors (Lipinski definition) is 3. The van der Waals surface area contributed by atoms with Crippen LogP contribution < -0.4 is 5.73 Å². The Bertz CT molecular complexity index is 696. The lowest BCUT2D eigenvalue weighted by Gasteiger charge is -2.00. The number of nitrogens with one attached hydrogen (secondary N) is 1. The smallest absolute Gasteiger partial charge is 0.146 e. The van der Waals surface area contributed by atoms with Crippen LogP contribution in [-0.2, 0) is 7.05 Å². The number of phenolic OH excluding ortho intramolecular Hbond substituents is 1. The normalized spacial score (nSPS) is 11.1. The number of rotatable bonds is 1. The second-order valence-corrected chi connectivity index (χ2v) is 4.01. The van der Waals surface area contributed by atoms with Crippen LogP contribution in [0.2, 0.25) is 0 Å². The van der Waals surface area contributed by atoms with Gasteiger partial charge < -0.3 is 15.8 Å². The van der Waals surface area contributed by atoms with Gasteiger partial charge in [-0.25, -0.2) is 0 Å². The molecular weight excluding hydrogens is 216 g/mol. The predicted octanol–water partition coefficient (Wildman–Crippen LogP) is 1.86. The molecular formula is C12H12N4O. The first-order valence-electron chi connectivity index (χ1n) is 5.25. The summed E-state index contributed by atoms with van der Waals surface area (Å²) in [5, 5.41) is 14.6. The van der Waals surface area contributed by atoms with Gasteiger partial charge in [0.15, 0.2) is 0 Å². The summed E-state index contributed by atoms with van der Waals surface area (Å²) in [5.74, 6) is 0.727. The van der Waals surface area contributed by atoms with E-state index < -0.39 is 0 Å². The molecule has 86 valence electrons. The highest BCUT2D eigenvalue weighted by atomic mass is 16.3. The van der Waals surface area contributed by atoms with Gasteiger partial charge in [-0.05, 0) is 18.2 Å². The quantitative estimate of drug-likeness (QED) is 0.594. The Hall–Kier alpha value is -2.43. The van der Waals surface area contributed by atoms with Crippen LogP contribution in [-0.4, -0.2) is 19.9 Å². The lowest BCUT2D eigenvalue weighted by atomic mass is 10.1. The van der Waals surface area contributed by atoms with Crippen LogP contribution in [0.1, 0.15) is 0 Å². The second kappa shape index (κ2) is 3.28. The van der Waals surface area contributed by atoms with E-state index in [1.807, 2.05) is 25.4 Å². The average Bonchev–Trinajstić information content (AvgIpc) is 2.81. The van der Waals surface area contributed by atoms with Crippen molar-refractivity contribution in [2.75, 3.05) is 5.73 Å². The molecule has 0 unspecified atom stereocenters. The summed E-state index contributed by atoms with van der Waals surface area (Å²) in [7, 11) is 1.84. The van der Waals surface area contributed by atoms with Crippen molar-refractivity contribution in [2.24, 2.45) is 7.05 Å². The molecule has 0 atom stereocenters. The molecule has 4 N–H and O–H groups in total. The fourth-order valence-corrected chi connectivity index (χ4v) is 2.06. The van der Waals surface area contributed by atoms with Crippen molar-refractivity contribution in [2.45, 2.75) is 0 Å². The van der Waals surface area contributed by atoms with Gasteiger partial charge in [0.1, 0.15) is 11.6 Å². The van der Waals surface area contributed by atoms with E-state index in [0.717, 1.165) is 22.2 Å². The van der Waals surface area contributed by atoms with Crippen molar-refractivity contribution in [3.05, 3.63) is 30.5 Å². The number of nitrogens with two attached hydrogens (primary N) is 1. The molecule has 0 bridgehead atoms. The molecule has 2 aromatic heterocycles. The molecule has 0 aliphatic carbocycles. The number of aryl methyl sites for hydroxylation is 1. The number of benzene rings is 1. The van der Waals surface area contributed by atoms with E-state index in [1.165, 1.54) is 0 Å². The summed E-state index contributed by atoms with van der Waals surface area (Å²) < 4.78 is 1.72. The molecule has 17 heavy (non-hydrogen) atoms. The molecule has 0 fully saturated rings. The molecule has 1 aromatic carbocycles. The Morgan fingerprint density at radius 3 is 2.88 bits per heavy atom. The third kappa shape index (κ3) is 1.44. The molecule has 0 saturated carbocycles. The third-order valence-corrected chi connectivity index (χ3v) is 2.84. The fraction of sp³-hybridized carbons (Fsp3) is 0.0833. The van der Waals surface area contributed by atoms with Crippen LogP contribution in [0, 0.1) is 0 Å². The summed E-state index contributed by atoms with van der Waals surface area (Å²) in [6.07, 6.45) is 1.89. The third-order valence-electron chi connectivity index (χ3n) is 2.84. The zero-order chi connectivity index (χ0) is 12.0. The van der Waals surface area contributed by atoms with Crippen LogP contribution >= 0.6 is 0 Å². The summed E-state index contributed by atoms with van der Waals surface area (Å²) in [4.78, 5) is 3.16. The molecule has 0 saturated heterocycles. The SMILES string of the molecule is Cn1nc(N)cc1-c1c[nH]c2ccc(O)cc12. The van der Waals surface area contributed by atoms with Crippen molar-refractivity contribution >= 4 is 16.7 Å². The summed E-state index contributed by atoms with van der Waals surface area (Å²) in [6, 6.07) is 7.03. The number of anilines is 1. The van der Waals surface area contributed by atoms with Gasteiger partial charge in [0.25, 0.3) is 0 Å². The summed E-state index contributed by atoms with van der Waals surface area (Å²) in [5.41, 5.74) is 8.53. The highest BCUT2D eigenvalue weighted by molar-refractivity contribution is 5.95. The standard InChI is InChI=1S/C12H12N4O/c1-16-11(5-12(13)15-16)9-6-14-10-3-2-7(17)4-8(9)10/h2-6,14,17H,1H3,(H2,13,15). The molecule has 0 spiro atoms. The molecule has 3 aromatic rings. The zero-order valence-electron chi connectivity index (χ0n) is 9.31. The van der Waals surface area contributed by atoms with E-state index >= 15 is 0 Å². The number of hydrogen-bond acceptors (Lipinski definition) is 3. The molecule has 0 aliphatic heterocycles. The van der Waals surface area contributed by atoms with E-state index in [2.05, 4.69) is 10.1 Å². The van der Waals surface area contributed by atoms with Crippen LogP contribution in [0.4, 0.5) is 5.82 Å². The first-order valence-corrected chi connectivity index (χ1v) is 5.25. The maximum Gasteiger partial charge on any atom is 0.146 e. The Balaban J connectivity index is 2.30. The Morgan fingerprint density at radius 1 is 1.35 bits per heavy atom. The van der Waals surface area contributed by atoms with Gasteiger partial charge in [-0.15, -0.1) is 0 Å². The van der Waals surface area contributed by atoms with Crippen LogP contribution in [0.15, 0.2) is 30.5 Å². The average molecular weight is 228 g/mol. The van der Waals surface area contributed by atoms with Gasteiger partial charge >= 0.3 is 0 Å². The lowest BCUT2D eigenvalue weighted by Crippen LogP contribution is -1.94. The molecule has 5 heteroatoms. The minimum Gasteiger partial charge on any atom is -0.508 e. The van der Waals surface area contributed by atoms with Crippen LogP contribution in [0.5, 0.6) is 5.75 Å². The largest absolute Gasteiger partial charge is 0.508 e. The zero-order valence-corrected chi connectivity index (χ0v) is 9.31. The number of aromatic amines is 1. The molecule has 0 amide bonds. The number of nitrogen functional groups attached to an aromatic ring is 1. The second-order valence-electron chi connectivity index (χ2n) is 4.01. The van der Waals surface area contributed by atoms with Gasteiger partial charge in [0.05, 0.1) is 5.69 Å². The maximum absolute atomic E-state index is 9.53. The first-order chi connectivity index (χ1) is 8.15. The highest BCUT2D eigenvalue weighted by Crippen LogP contribution is 2.31. The van der Waals surface area contributed by atoms with E-state index in [4.69, 9.17) is 5.73 Å². The highest BCUT2D eigenvalue weighted by Gasteiger charge is 2.11. The maximum atomic E-state index is 9.53. The van der Waals surface area contributed by atoms with Crippen molar-refractivity contribution in [3.8, 4) is 17.0 Å². The number of phenols is 1. The van der Waals surface area contributed by atoms with Gasteiger partial charge in [-0.1, -0.05) is 0 Å². The Morgan fingerprint density at radius 2 is 2.18 bits per heavy atom. The Labute approximate surface area is 97.5 Å². The summed E-state index contributed by atoms with van der Waals surface area (Å²) in [6.45, 7) is 0. The topological polar surface area (TPSA) is 79.9 Å². The first kappa shape index (κ1) is 9.77. The minimum absolute atomic E-state index is 0.244. The van der Waals surface area contributed by atoms with Gasteiger partial charge in [0, 0.05) is 35.8 Å². The number of nitrogens with zero attached hydrogens (tertiary/aromatic N) is 2. The van der Waals surface area contributed by atoms with E-state index in [9.17, 15) is 5.11 Å². The van der Waals surface area contributed by atoms with Crippen molar-refractivity contribution in [1.29, 1.82) is 0 Å². The lowest BCUT2D eigenvalue weighted by molar-refractivity contribution is 0.476. The van der Waals surface area contributed by atoms with E-state index in [0.29, 0.717) is 5.82 Å². The van der Waals surface area contributed by atoms with Gasteiger partial charge in [-0.2, -0.15) is 5.10 Å². The molecule has 2 heterocycles.